The average Bonchev–Trinajstić information content (AvgIpc) is 2.45. The molecule has 0 spiro atoms. The Morgan fingerprint density at radius 1 is 0.947 bits per heavy atom. The Labute approximate surface area is 112 Å². The van der Waals surface area contributed by atoms with Crippen molar-refractivity contribution in [3.63, 3.8) is 0 Å². The van der Waals surface area contributed by atoms with Crippen molar-refractivity contribution in [2.45, 2.75) is 6.92 Å². The average molecular weight is 245 g/mol. The lowest BCUT2D eigenvalue weighted by molar-refractivity contribution is 1.22. The highest BCUT2D eigenvalue weighted by molar-refractivity contribution is 5.77. The van der Waals surface area contributed by atoms with E-state index in [0.29, 0.717) is 0 Å². The van der Waals surface area contributed by atoms with Gasteiger partial charge in [-0.15, -0.1) is 0 Å². The summed E-state index contributed by atoms with van der Waals surface area (Å²) in [6, 6.07) is 18.6. The molecule has 0 saturated carbocycles. The maximum absolute atomic E-state index is 4.49. The van der Waals surface area contributed by atoms with Crippen molar-refractivity contribution in [3.8, 4) is 0 Å². The zero-order valence-corrected chi connectivity index (χ0v) is 10.9. The molecule has 19 heavy (non-hydrogen) atoms. The molecule has 0 aromatic heterocycles. The molecule has 0 unspecified atom stereocenters. The summed E-state index contributed by atoms with van der Waals surface area (Å²) in [5.74, 6) is 0. The number of hydrogen-bond donors (Lipinski definition) is 0. The van der Waals surface area contributed by atoms with Crippen molar-refractivity contribution in [2.24, 2.45) is 4.99 Å². The number of para-hydroxylation sites is 1. The monoisotopic (exact) mass is 245 g/mol. The normalized spacial score (nSPS) is 13.9. The summed E-state index contributed by atoms with van der Waals surface area (Å²) < 4.78 is 0. The van der Waals surface area contributed by atoms with Crippen molar-refractivity contribution in [2.75, 3.05) is 0 Å². The molecule has 1 nitrogen and oxygen atoms in total. The van der Waals surface area contributed by atoms with E-state index in [1.807, 2.05) is 18.2 Å². The van der Waals surface area contributed by atoms with E-state index in [0.717, 1.165) is 11.1 Å². The smallest absolute Gasteiger partial charge is 0.0731 e. The van der Waals surface area contributed by atoms with Gasteiger partial charge in [0.1, 0.15) is 0 Å². The van der Waals surface area contributed by atoms with Crippen LogP contribution >= 0.6 is 0 Å². The Morgan fingerprint density at radius 2 is 1.68 bits per heavy atom. The zero-order valence-electron chi connectivity index (χ0n) is 10.9. The fourth-order valence-corrected chi connectivity index (χ4v) is 2.21. The lowest BCUT2D eigenvalue weighted by Crippen LogP contribution is -2.33. The molecule has 1 heterocycles. The highest BCUT2D eigenvalue weighted by atomic mass is 14.8. The summed E-state index contributed by atoms with van der Waals surface area (Å²) in [5, 5.41) is 2.33. The number of fused-ring (bicyclic) bond motifs is 1. The fourth-order valence-electron chi connectivity index (χ4n) is 2.21. The third-order valence-electron chi connectivity index (χ3n) is 3.26. The highest BCUT2D eigenvalue weighted by Gasteiger charge is 2.03. The van der Waals surface area contributed by atoms with Crippen LogP contribution in [0.3, 0.4) is 0 Å². The first-order valence-electron chi connectivity index (χ1n) is 6.46. The summed E-state index contributed by atoms with van der Waals surface area (Å²) in [6.07, 6.45) is 6.34. The van der Waals surface area contributed by atoms with Gasteiger partial charge < -0.3 is 0 Å². The van der Waals surface area contributed by atoms with Crippen molar-refractivity contribution >= 4 is 11.3 Å². The van der Waals surface area contributed by atoms with Crippen molar-refractivity contribution < 1.29 is 0 Å². The van der Waals surface area contributed by atoms with Gasteiger partial charge in [0.25, 0.3) is 0 Å². The van der Waals surface area contributed by atoms with Crippen LogP contribution in [0.1, 0.15) is 12.5 Å². The topological polar surface area (TPSA) is 12.4 Å². The number of benzene rings is 2. The molecule has 1 aliphatic heterocycles. The predicted octanol–water partition coefficient (Wildman–Crippen LogP) is 3.09. The lowest BCUT2D eigenvalue weighted by atomic mass is 10.0. The standard InChI is InChI=1S/C18H15N/c1-2-14(15-8-4-3-5-9-15)12-13-18-16-10-6-7-11-17(16)19-18/h2-13H,1H3/b13-12-,14-2+. The molecule has 0 fully saturated rings. The Bertz CT molecular complexity index is 765. The van der Waals surface area contributed by atoms with E-state index in [4.69, 9.17) is 0 Å². The van der Waals surface area contributed by atoms with Gasteiger partial charge in [0.05, 0.1) is 11.1 Å². The molecule has 2 aromatic carbocycles. The second-order valence-electron chi connectivity index (χ2n) is 4.46. The Kier molecular flexibility index (Phi) is 3.11. The SMILES string of the molecule is C/C=C(\C=C/C1=c2ccccc2=N1)c1ccccc1. The van der Waals surface area contributed by atoms with Gasteiger partial charge in [0, 0.05) is 5.22 Å². The maximum atomic E-state index is 4.49. The number of allylic oxidation sites excluding steroid dienone is 3. The van der Waals surface area contributed by atoms with Crippen LogP contribution in [-0.2, 0) is 0 Å². The van der Waals surface area contributed by atoms with Crippen LogP contribution in [0.2, 0.25) is 0 Å². The van der Waals surface area contributed by atoms with Gasteiger partial charge >= 0.3 is 0 Å². The van der Waals surface area contributed by atoms with E-state index in [1.54, 1.807) is 0 Å². The predicted molar refractivity (Wildman–Crippen MR) is 79.9 cm³/mol. The Morgan fingerprint density at radius 3 is 2.42 bits per heavy atom. The number of nitrogens with zero attached hydrogens (tertiary/aromatic N) is 1. The minimum atomic E-state index is 1.06. The van der Waals surface area contributed by atoms with Gasteiger partial charge in [0.15, 0.2) is 0 Å². The third kappa shape index (κ3) is 2.27. The van der Waals surface area contributed by atoms with Crippen LogP contribution in [0.4, 0.5) is 0 Å². The van der Waals surface area contributed by atoms with Crippen LogP contribution in [-0.4, -0.2) is 0 Å². The quantitative estimate of drug-likeness (QED) is 0.737. The van der Waals surface area contributed by atoms with E-state index in [1.165, 1.54) is 16.4 Å². The first-order chi connectivity index (χ1) is 9.38. The van der Waals surface area contributed by atoms with Crippen LogP contribution < -0.4 is 10.6 Å². The molecule has 0 N–H and O–H groups in total. The first-order valence-corrected chi connectivity index (χ1v) is 6.46. The largest absolute Gasteiger partial charge is 0.248 e. The third-order valence-corrected chi connectivity index (χ3v) is 3.26. The molecule has 0 aliphatic carbocycles. The minimum Gasteiger partial charge on any atom is -0.248 e. The van der Waals surface area contributed by atoms with E-state index in [-0.39, 0.29) is 0 Å². The molecular weight excluding hydrogens is 230 g/mol. The molecule has 0 radical (unpaired) electrons. The Balaban J connectivity index is 1.90. The second-order valence-corrected chi connectivity index (χ2v) is 4.46. The summed E-state index contributed by atoms with van der Waals surface area (Å²) >= 11 is 0. The Hall–Kier alpha value is -2.41. The lowest BCUT2D eigenvalue weighted by Gasteiger charge is -2.06. The highest BCUT2D eigenvalue weighted by Crippen LogP contribution is 2.16. The molecular formula is C18H15N. The van der Waals surface area contributed by atoms with Crippen molar-refractivity contribution in [3.05, 3.63) is 89.0 Å². The fraction of sp³-hybridized carbons (Fsp3) is 0.0556. The van der Waals surface area contributed by atoms with Gasteiger partial charge in [-0.1, -0.05) is 60.7 Å². The van der Waals surface area contributed by atoms with Gasteiger partial charge in [0.2, 0.25) is 0 Å². The summed E-state index contributed by atoms with van der Waals surface area (Å²) in [4.78, 5) is 4.49. The van der Waals surface area contributed by atoms with Gasteiger partial charge in [-0.05, 0) is 30.2 Å². The first kappa shape index (κ1) is 11.7. The minimum absolute atomic E-state index is 1.06. The van der Waals surface area contributed by atoms with Crippen molar-refractivity contribution in [1.82, 2.24) is 0 Å². The van der Waals surface area contributed by atoms with Crippen LogP contribution in [0, 0.1) is 0 Å². The van der Waals surface area contributed by atoms with Crippen LogP contribution in [0.5, 0.6) is 0 Å². The van der Waals surface area contributed by atoms with Crippen molar-refractivity contribution in [1.29, 1.82) is 0 Å². The van der Waals surface area contributed by atoms with E-state index in [9.17, 15) is 0 Å². The number of hydrogen-bond acceptors (Lipinski definition) is 1. The second kappa shape index (κ2) is 5.07. The van der Waals surface area contributed by atoms with Crippen LogP contribution in [0.25, 0.3) is 11.3 Å². The van der Waals surface area contributed by atoms with Crippen LogP contribution in [0.15, 0.2) is 77.8 Å². The molecule has 0 amide bonds. The molecule has 2 aromatic rings. The van der Waals surface area contributed by atoms with Gasteiger partial charge in [-0.3, -0.25) is 0 Å². The molecule has 92 valence electrons. The van der Waals surface area contributed by atoms with E-state index < -0.39 is 0 Å². The molecule has 1 heteroatoms. The summed E-state index contributed by atoms with van der Waals surface area (Å²) in [6.45, 7) is 2.06. The molecule has 0 saturated heterocycles. The molecule has 3 rings (SSSR count). The summed E-state index contributed by atoms with van der Waals surface area (Å²) in [7, 11) is 0. The molecule has 0 bridgehead atoms. The number of rotatable bonds is 3. The summed E-state index contributed by atoms with van der Waals surface area (Å²) in [5.41, 5.74) is 3.51. The molecule has 1 aliphatic rings. The van der Waals surface area contributed by atoms with E-state index in [2.05, 4.69) is 66.5 Å². The van der Waals surface area contributed by atoms with E-state index >= 15 is 0 Å². The van der Waals surface area contributed by atoms with Gasteiger partial charge in [-0.25, -0.2) is 4.99 Å². The molecule has 0 atom stereocenters. The van der Waals surface area contributed by atoms with Gasteiger partial charge in [-0.2, -0.15) is 0 Å². The zero-order chi connectivity index (χ0) is 13.1. The maximum Gasteiger partial charge on any atom is 0.0731 e.